The Morgan fingerprint density at radius 1 is 0.939 bits per heavy atom. The van der Waals surface area contributed by atoms with Gasteiger partial charge in [-0.3, -0.25) is 0 Å². The first-order valence-electron chi connectivity index (χ1n) is 14.2. The standard InChI is InChI=1S/C28H47NO4/c1-26-9-5-10-28(26,30)23-7-6-20-18-24(31-15-14-29-12-3-4-13-29)21(25-32-16-17-33-25)19-27(20,2)22(23)8-11-26/h20-25,30H,3-19H2,1-2H3/t20-,21?,22+,23-,24-,26+,27+,28+/m1/s1. The van der Waals surface area contributed by atoms with E-state index in [0.717, 1.165) is 32.4 Å². The zero-order valence-corrected chi connectivity index (χ0v) is 21.1. The summed E-state index contributed by atoms with van der Waals surface area (Å²) < 4.78 is 18.9. The molecule has 0 aromatic rings. The molecule has 0 spiro atoms. The van der Waals surface area contributed by atoms with E-state index in [0.29, 0.717) is 36.9 Å². The fourth-order valence-electron chi connectivity index (χ4n) is 9.72. The Kier molecular flexibility index (Phi) is 6.14. The van der Waals surface area contributed by atoms with Gasteiger partial charge in [0.1, 0.15) is 0 Å². The van der Waals surface area contributed by atoms with Crippen LogP contribution < -0.4 is 0 Å². The molecular weight excluding hydrogens is 414 g/mol. The second-order valence-electron chi connectivity index (χ2n) is 13.0. The van der Waals surface area contributed by atoms with Crippen molar-refractivity contribution in [2.75, 3.05) is 39.5 Å². The number of fused-ring (bicyclic) bond motifs is 5. The topological polar surface area (TPSA) is 51.2 Å². The van der Waals surface area contributed by atoms with Crippen molar-refractivity contribution in [1.82, 2.24) is 4.90 Å². The monoisotopic (exact) mass is 461 g/mol. The number of rotatable bonds is 5. The lowest BCUT2D eigenvalue weighted by Crippen LogP contribution is -2.62. The number of ether oxygens (including phenoxy) is 3. The summed E-state index contributed by atoms with van der Waals surface area (Å²) in [6.45, 7) is 10.7. The van der Waals surface area contributed by atoms with Crippen LogP contribution in [0.15, 0.2) is 0 Å². The minimum atomic E-state index is -0.442. The summed E-state index contributed by atoms with van der Waals surface area (Å²) in [5, 5.41) is 12.0. The van der Waals surface area contributed by atoms with Crippen LogP contribution in [0.25, 0.3) is 0 Å². The van der Waals surface area contributed by atoms with Crippen LogP contribution in [-0.4, -0.2) is 67.5 Å². The van der Waals surface area contributed by atoms with Gasteiger partial charge < -0.3 is 24.2 Å². The van der Waals surface area contributed by atoms with Crippen LogP contribution in [0.5, 0.6) is 0 Å². The lowest BCUT2D eigenvalue weighted by Gasteiger charge is -2.64. The van der Waals surface area contributed by atoms with E-state index in [4.69, 9.17) is 14.2 Å². The third-order valence-electron chi connectivity index (χ3n) is 11.6. The SMILES string of the molecule is C[C@]12CC(C3OCCO3)[C@H](OCCN3CCCC3)C[C@H]1CC[C@@H]1[C@@H]2CC[C@]2(C)CCC[C@]12O. The normalized spacial score (nSPS) is 50.8. The van der Waals surface area contributed by atoms with Crippen LogP contribution in [0.1, 0.15) is 84.5 Å². The molecule has 4 saturated carbocycles. The number of hydrogen-bond donors (Lipinski definition) is 1. The van der Waals surface area contributed by atoms with E-state index in [1.54, 1.807) is 0 Å². The first-order valence-corrected chi connectivity index (χ1v) is 14.2. The van der Waals surface area contributed by atoms with Crippen LogP contribution >= 0.6 is 0 Å². The molecule has 1 N–H and O–H groups in total. The van der Waals surface area contributed by atoms with Crippen molar-refractivity contribution in [3.63, 3.8) is 0 Å². The predicted molar refractivity (Wildman–Crippen MR) is 128 cm³/mol. The number of likely N-dealkylation sites (tertiary alicyclic amines) is 1. The molecule has 2 heterocycles. The summed E-state index contributed by atoms with van der Waals surface area (Å²) in [5.74, 6) is 2.11. The molecule has 33 heavy (non-hydrogen) atoms. The molecule has 0 aromatic heterocycles. The first-order chi connectivity index (χ1) is 15.9. The van der Waals surface area contributed by atoms with Crippen LogP contribution in [0.3, 0.4) is 0 Å². The maximum Gasteiger partial charge on any atom is 0.163 e. The summed E-state index contributed by atoms with van der Waals surface area (Å²) in [5.41, 5.74) is -0.0372. The molecule has 5 heteroatoms. The summed E-state index contributed by atoms with van der Waals surface area (Å²) in [4.78, 5) is 2.55. The van der Waals surface area contributed by atoms with Crippen molar-refractivity contribution in [3.05, 3.63) is 0 Å². The number of nitrogens with zero attached hydrogens (tertiary/aromatic N) is 1. The van der Waals surface area contributed by atoms with Crippen molar-refractivity contribution in [2.45, 2.75) is 102 Å². The Labute approximate surface area is 200 Å². The summed E-state index contributed by atoms with van der Waals surface area (Å²) in [7, 11) is 0. The van der Waals surface area contributed by atoms with Crippen LogP contribution in [0.4, 0.5) is 0 Å². The van der Waals surface area contributed by atoms with E-state index >= 15 is 0 Å². The average Bonchev–Trinajstić information content (AvgIpc) is 3.55. The smallest absolute Gasteiger partial charge is 0.163 e. The predicted octanol–water partition coefficient (Wildman–Crippen LogP) is 4.61. The van der Waals surface area contributed by atoms with Gasteiger partial charge in [0.2, 0.25) is 0 Å². The molecule has 2 saturated heterocycles. The maximum absolute atomic E-state index is 12.0. The molecule has 0 aromatic carbocycles. The molecule has 188 valence electrons. The van der Waals surface area contributed by atoms with Gasteiger partial charge in [-0.1, -0.05) is 13.8 Å². The van der Waals surface area contributed by atoms with E-state index < -0.39 is 5.60 Å². The first kappa shape index (κ1) is 23.2. The highest BCUT2D eigenvalue weighted by atomic mass is 16.7. The quantitative estimate of drug-likeness (QED) is 0.648. The van der Waals surface area contributed by atoms with Gasteiger partial charge >= 0.3 is 0 Å². The maximum atomic E-state index is 12.0. The largest absolute Gasteiger partial charge is 0.389 e. The highest BCUT2D eigenvalue weighted by Crippen LogP contribution is 2.68. The van der Waals surface area contributed by atoms with Gasteiger partial charge in [0.15, 0.2) is 6.29 Å². The Balaban J connectivity index is 1.21. The van der Waals surface area contributed by atoms with Crippen LogP contribution in [0.2, 0.25) is 0 Å². The molecule has 8 atom stereocenters. The molecule has 5 nitrogen and oxygen atoms in total. The van der Waals surface area contributed by atoms with Crippen molar-refractivity contribution < 1.29 is 19.3 Å². The minimum absolute atomic E-state index is 0.108. The molecule has 6 aliphatic rings. The van der Waals surface area contributed by atoms with E-state index in [1.165, 1.54) is 64.5 Å². The van der Waals surface area contributed by atoms with Crippen molar-refractivity contribution in [1.29, 1.82) is 0 Å². The molecule has 6 rings (SSSR count). The van der Waals surface area contributed by atoms with E-state index in [1.807, 2.05) is 0 Å². The fourth-order valence-corrected chi connectivity index (χ4v) is 9.72. The van der Waals surface area contributed by atoms with E-state index in [9.17, 15) is 5.11 Å². The van der Waals surface area contributed by atoms with Gasteiger partial charge in [-0.15, -0.1) is 0 Å². The lowest BCUT2D eigenvalue weighted by atomic mass is 9.43. The Bertz CT molecular complexity index is 706. The van der Waals surface area contributed by atoms with E-state index in [-0.39, 0.29) is 23.2 Å². The van der Waals surface area contributed by atoms with Gasteiger partial charge in [0, 0.05) is 12.5 Å². The van der Waals surface area contributed by atoms with Gasteiger partial charge in [-0.2, -0.15) is 0 Å². The Hall–Kier alpha value is -0.200. The third kappa shape index (κ3) is 3.75. The Morgan fingerprint density at radius 2 is 1.73 bits per heavy atom. The summed E-state index contributed by atoms with van der Waals surface area (Å²) >= 11 is 0. The molecule has 0 bridgehead atoms. The second kappa shape index (κ2) is 8.73. The number of hydrogen-bond acceptors (Lipinski definition) is 5. The lowest BCUT2D eigenvalue weighted by molar-refractivity contribution is -0.229. The van der Waals surface area contributed by atoms with Crippen LogP contribution in [-0.2, 0) is 14.2 Å². The fraction of sp³-hybridized carbons (Fsp3) is 1.00. The Morgan fingerprint density at radius 3 is 2.52 bits per heavy atom. The highest BCUT2D eigenvalue weighted by molar-refractivity contribution is 5.15. The van der Waals surface area contributed by atoms with Crippen molar-refractivity contribution in [3.8, 4) is 0 Å². The zero-order chi connectivity index (χ0) is 22.7. The summed E-state index contributed by atoms with van der Waals surface area (Å²) in [6.07, 6.45) is 13.5. The van der Waals surface area contributed by atoms with Crippen molar-refractivity contribution >= 4 is 0 Å². The second-order valence-corrected chi connectivity index (χ2v) is 13.0. The zero-order valence-electron chi connectivity index (χ0n) is 21.1. The number of aliphatic hydroxyl groups is 1. The average molecular weight is 462 g/mol. The van der Waals surface area contributed by atoms with Gasteiger partial charge in [0.25, 0.3) is 0 Å². The third-order valence-corrected chi connectivity index (χ3v) is 11.6. The molecular formula is C28H47NO4. The molecule has 0 amide bonds. The molecule has 1 unspecified atom stereocenters. The molecule has 0 radical (unpaired) electrons. The van der Waals surface area contributed by atoms with Gasteiger partial charge in [0.05, 0.1) is 31.5 Å². The molecule has 4 aliphatic carbocycles. The molecule has 2 aliphatic heterocycles. The highest BCUT2D eigenvalue weighted by Gasteiger charge is 2.65. The molecule has 6 fully saturated rings. The van der Waals surface area contributed by atoms with Gasteiger partial charge in [-0.05, 0) is 112 Å². The van der Waals surface area contributed by atoms with Crippen molar-refractivity contribution in [2.24, 2.45) is 34.5 Å². The van der Waals surface area contributed by atoms with E-state index in [2.05, 4.69) is 18.7 Å². The summed E-state index contributed by atoms with van der Waals surface area (Å²) in [6, 6.07) is 0. The van der Waals surface area contributed by atoms with Gasteiger partial charge in [-0.25, -0.2) is 0 Å². The van der Waals surface area contributed by atoms with Crippen LogP contribution in [0, 0.1) is 34.5 Å². The minimum Gasteiger partial charge on any atom is -0.389 e.